The zero-order valence-electron chi connectivity index (χ0n) is 12.2. The molecule has 114 valence electrons. The molecule has 0 radical (unpaired) electrons. The number of esters is 1. The van der Waals surface area contributed by atoms with Crippen LogP contribution in [0.3, 0.4) is 0 Å². The highest BCUT2D eigenvalue weighted by Gasteiger charge is 2.13. The number of aryl methyl sites for hydroxylation is 1. The number of ether oxygens (including phenoxy) is 1. The Morgan fingerprint density at radius 3 is 2.64 bits per heavy atom. The molecule has 0 saturated carbocycles. The Labute approximate surface area is 128 Å². The summed E-state index contributed by atoms with van der Waals surface area (Å²) in [5, 5.41) is 12.2. The number of anilines is 1. The number of rotatable bonds is 5. The third-order valence-electron chi connectivity index (χ3n) is 3.08. The van der Waals surface area contributed by atoms with Gasteiger partial charge in [-0.3, -0.25) is 4.79 Å². The van der Waals surface area contributed by atoms with Crippen molar-refractivity contribution in [3.05, 3.63) is 59.7 Å². The van der Waals surface area contributed by atoms with Crippen molar-refractivity contribution in [2.75, 3.05) is 11.9 Å². The molecule has 5 heteroatoms. The van der Waals surface area contributed by atoms with E-state index in [4.69, 9.17) is 4.74 Å². The molecule has 0 aromatic heterocycles. The molecule has 0 spiro atoms. The maximum atomic E-state index is 11.8. The molecule has 0 fully saturated rings. The molecule has 0 aliphatic rings. The summed E-state index contributed by atoms with van der Waals surface area (Å²) in [6.07, 6.45) is 0.867. The van der Waals surface area contributed by atoms with Crippen molar-refractivity contribution >= 4 is 17.6 Å². The highest BCUT2D eigenvalue weighted by atomic mass is 16.5. The summed E-state index contributed by atoms with van der Waals surface area (Å²) >= 11 is 0. The molecule has 0 saturated heterocycles. The summed E-state index contributed by atoms with van der Waals surface area (Å²) < 4.78 is 4.89. The van der Waals surface area contributed by atoms with Crippen LogP contribution in [0.4, 0.5) is 5.69 Å². The zero-order chi connectivity index (χ0) is 15.9. The van der Waals surface area contributed by atoms with Gasteiger partial charge < -0.3 is 15.2 Å². The molecule has 0 aliphatic heterocycles. The number of nitrogens with one attached hydrogen (secondary N) is 1. The van der Waals surface area contributed by atoms with Crippen molar-refractivity contribution in [2.24, 2.45) is 0 Å². The molecule has 0 heterocycles. The Morgan fingerprint density at radius 1 is 1.14 bits per heavy atom. The van der Waals surface area contributed by atoms with Gasteiger partial charge in [0, 0.05) is 5.69 Å². The Kier molecular flexibility index (Phi) is 5.14. The van der Waals surface area contributed by atoms with Crippen molar-refractivity contribution in [3.8, 4) is 5.75 Å². The van der Waals surface area contributed by atoms with E-state index in [0.29, 0.717) is 5.69 Å². The lowest BCUT2D eigenvalue weighted by Gasteiger charge is -2.08. The van der Waals surface area contributed by atoms with Crippen molar-refractivity contribution in [2.45, 2.75) is 13.3 Å². The minimum atomic E-state index is -0.740. The van der Waals surface area contributed by atoms with Gasteiger partial charge in [0.25, 0.3) is 5.91 Å². The summed E-state index contributed by atoms with van der Waals surface area (Å²) in [7, 11) is 0. The van der Waals surface area contributed by atoms with Gasteiger partial charge in [-0.05, 0) is 36.2 Å². The van der Waals surface area contributed by atoms with Crippen molar-refractivity contribution in [1.29, 1.82) is 0 Å². The van der Waals surface area contributed by atoms with Crippen LogP contribution < -0.4 is 5.32 Å². The molecule has 0 bridgehead atoms. The smallest absolute Gasteiger partial charge is 0.342 e. The van der Waals surface area contributed by atoms with Crippen LogP contribution in [0.5, 0.6) is 5.75 Å². The van der Waals surface area contributed by atoms with Gasteiger partial charge in [-0.1, -0.05) is 31.2 Å². The average Bonchev–Trinajstić information content (AvgIpc) is 2.53. The van der Waals surface area contributed by atoms with Crippen LogP contribution in [-0.4, -0.2) is 23.6 Å². The number of carbonyl (C=O) groups excluding carboxylic acids is 2. The van der Waals surface area contributed by atoms with Crippen LogP contribution in [0.15, 0.2) is 48.5 Å². The van der Waals surface area contributed by atoms with Gasteiger partial charge in [0.05, 0.1) is 0 Å². The summed E-state index contributed by atoms with van der Waals surface area (Å²) in [6, 6.07) is 13.5. The molecule has 1 amide bonds. The van der Waals surface area contributed by atoms with Gasteiger partial charge in [0.15, 0.2) is 6.61 Å². The lowest BCUT2D eigenvalue weighted by molar-refractivity contribution is -0.119. The van der Waals surface area contributed by atoms with Crippen molar-refractivity contribution < 1.29 is 19.4 Å². The Bertz CT molecular complexity index is 682. The summed E-state index contributed by atoms with van der Waals surface area (Å²) in [4.78, 5) is 23.5. The molecule has 0 atom stereocenters. The quantitative estimate of drug-likeness (QED) is 0.832. The first kappa shape index (κ1) is 15.6. The fraction of sp³-hybridized carbons (Fsp3) is 0.176. The lowest BCUT2D eigenvalue weighted by atomic mass is 10.1. The number of amides is 1. The van der Waals surface area contributed by atoms with Gasteiger partial charge in [0.2, 0.25) is 0 Å². The molecule has 2 rings (SSSR count). The summed E-state index contributed by atoms with van der Waals surface area (Å²) in [6.45, 7) is 1.61. The largest absolute Gasteiger partial charge is 0.507 e. The van der Waals surface area contributed by atoms with Crippen molar-refractivity contribution in [3.63, 3.8) is 0 Å². The van der Waals surface area contributed by atoms with Crippen molar-refractivity contribution in [1.82, 2.24) is 0 Å². The number of para-hydroxylation sites is 1. The average molecular weight is 299 g/mol. The van der Waals surface area contributed by atoms with Gasteiger partial charge in [-0.15, -0.1) is 0 Å². The zero-order valence-corrected chi connectivity index (χ0v) is 12.2. The second-order valence-corrected chi connectivity index (χ2v) is 4.70. The summed E-state index contributed by atoms with van der Waals surface area (Å²) in [5.74, 6) is -1.35. The molecule has 2 aromatic carbocycles. The third-order valence-corrected chi connectivity index (χ3v) is 3.08. The van der Waals surface area contributed by atoms with E-state index in [1.54, 1.807) is 18.2 Å². The Balaban J connectivity index is 1.90. The molecular weight excluding hydrogens is 282 g/mol. The predicted octanol–water partition coefficient (Wildman–Crippen LogP) is 2.75. The number of phenols is 1. The van der Waals surface area contributed by atoms with E-state index >= 15 is 0 Å². The highest BCUT2D eigenvalue weighted by molar-refractivity contribution is 5.96. The molecule has 2 aromatic rings. The molecule has 2 N–H and O–H groups in total. The fourth-order valence-electron chi connectivity index (χ4n) is 1.92. The van der Waals surface area contributed by atoms with Gasteiger partial charge >= 0.3 is 5.97 Å². The number of phenolic OH excluding ortho intramolecular Hbond substituents is 1. The minimum absolute atomic E-state index is 0.0308. The molecular formula is C17H17NO4. The second-order valence-electron chi connectivity index (χ2n) is 4.70. The first-order chi connectivity index (χ1) is 10.6. The molecule has 22 heavy (non-hydrogen) atoms. The van der Waals surface area contributed by atoms with Crippen LogP contribution in [0, 0.1) is 0 Å². The normalized spacial score (nSPS) is 10.0. The van der Waals surface area contributed by atoms with Gasteiger partial charge in [-0.2, -0.15) is 0 Å². The van der Waals surface area contributed by atoms with Crippen LogP contribution in [-0.2, 0) is 16.0 Å². The van der Waals surface area contributed by atoms with Crippen LogP contribution in [0.1, 0.15) is 22.8 Å². The van der Waals surface area contributed by atoms with E-state index in [-0.39, 0.29) is 11.3 Å². The predicted molar refractivity (Wildman–Crippen MR) is 82.8 cm³/mol. The molecule has 0 unspecified atom stereocenters. The first-order valence-corrected chi connectivity index (χ1v) is 6.94. The first-order valence-electron chi connectivity index (χ1n) is 6.94. The van der Waals surface area contributed by atoms with Crippen LogP contribution in [0.25, 0.3) is 0 Å². The number of hydrogen-bond donors (Lipinski definition) is 2. The van der Waals surface area contributed by atoms with E-state index in [1.807, 2.05) is 25.1 Å². The van der Waals surface area contributed by atoms with Crippen LogP contribution >= 0.6 is 0 Å². The SMILES string of the molecule is CCc1cccc(NC(=O)COC(=O)c2ccccc2O)c1. The van der Waals surface area contributed by atoms with Gasteiger partial charge in [-0.25, -0.2) is 4.79 Å². The van der Waals surface area contributed by atoms with E-state index in [2.05, 4.69) is 5.32 Å². The number of hydrogen-bond acceptors (Lipinski definition) is 4. The highest BCUT2D eigenvalue weighted by Crippen LogP contribution is 2.16. The maximum absolute atomic E-state index is 11.8. The monoisotopic (exact) mass is 299 g/mol. The van der Waals surface area contributed by atoms with E-state index < -0.39 is 18.5 Å². The van der Waals surface area contributed by atoms with Gasteiger partial charge in [0.1, 0.15) is 11.3 Å². The number of carbonyl (C=O) groups is 2. The topological polar surface area (TPSA) is 75.6 Å². The summed E-state index contributed by atoms with van der Waals surface area (Å²) in [5.41, 5.74) is 1.79. The fourth-order valence-corrected chi connectivity index (χ4v) is 1.92. The lowest BCUT2D eigenvalue weighted by Crippen LogP contribution is -2.21. The minimum Gasteiger partial charge on any atom is -0.507 e. The van der Waals surface area contributed by atoms with Crippen LogP contribution in [0.2, 0.25) is 0 Å². The molecule has 0 aliphatic carbocycles. The van der Waals surface area contributed by atoms with E-state index in [0.717, 1.165) is 12.0 Å². The number of benzene rings is 2. The maximum Gasteiger partial charge on any atom is 0.342 e. The third kappa shape index (κ3) is 4.09. The Hall–Kier alpha value is -2.82. The van der Waals surface area contributed by atoms with E-state index in [1.165, 1.54) is 12.1 Å². The Morgan fingerprint density at radius 2 is 1.91 bits per heavy atom. The number of aromatic hydroxyl groups is 1. The second kappa shape index (κ2) is 7.26. The molecule has 5 nitrogen and oxygen atoms in total. The standard InChI is InChI=1S/C17H17NO4/c1-2-12-6-5-7-13(10-12)18-16(20)11-22-17(21)14-8-3-4-9-15(14)19/h3-10,19H,2,11H2,1H3,(H,18,20). The van der Waals surface area contributed by atoms with E-state index in [9.17, 15) is 14.7 Å².